The Bertz CT molecular complexity index is 1010. The van der Waals surface area contributed by atoms with Crippen LogP contribution in [0.15, 0.2) is 72.9 Å². The van der Waals surface area contributed by atoms with Gasteiger partial charge in [0.25, 0.3) is 0 Å². The molecular formula is C47H81NO5. The first-order valence-electron chi connectivity index (χ1n) is 21.7. The summed E-state index contributed by atoms with van der Waals surface area (Å²) in [6.45, 7) is 6.23. The Balaban J connectivity index is 4.65. The lowest BCUT2D eigenvalue weighted by atomic mass is 10.0. The number of allylic oxidation sites excluding steroid dienone is 12. The topological polar surface area (TPSA) is 95.9 Å². The van der Waals surface area contributed by atoms with Gasteiger partial charge in [-0.25, -0.2) is 0 Å². The highest BCUT2D eigenvalue weighted by molar-refractivity contribution is 5.77. The molecule has 0 aliphatic rings. The molecule has 0 rings (SSSR count). The van der Waals surface area contributed by atoms with E-state index in [-0.39, 0.29) is 31.3 Å². The maximum absolute atomic E-state index is 13.0. The highest BCUT2D eigenvalue weighted by atomic mass is 16.5. The number of nitrogens with one attached hydrogen (secondary N) is 1. The molecule has 0 spiro atoms. The van der Waals surface area contributed by atoms with Gasteiger partial charge in [-0.15, -0.1) is 0 Å². The van der Waals surface area contributed by atoms with Crippen LogP contribution in [0.25, 0.3) is 0 Å². The summed E-state index contributed by atoms with van der Waals surface area (Å²) in [7, 11) is 0. The third-order valence-electron chi connectivity index (χ3n) is 9.26. The average Bonchev–Trinajstić information content (AvgIpc) is 3.15. The van der Waals surface area contributed by atoms with Crippen molar-refractivity contribution >= 4 is 11.9 Å². The number of amides is 1. The van der Waals surface area contributed by atoms with Crippen molar-refractivity contribution in [2.75, 3.05) is 6.61 Å². The molecule has 53 heavy (non-hydrogen) atoms. The van der Waals surface area contributed by atoms with Gasteiger partial charge in [0.2, 0.25) is 5.91 Å². The van der Waals surface area contributed by atoms with Crippen LogP contribution in [-0.4, -0.2) is 46.9 Å². The third-order valence-corrected chi connectivity index (χ3v) is 9.26. The molecule has 3 N–H and O–H groups in total. The molecule has 0 heterocycles. The lowest BCUT2D eigenvalue weighted by molar-refractivity contribution is -0.150. The molecule has 0 radical (unpaired) electrons. The fourth-order valence-corrected chi connectivity index (χ4v) is 6.01. The van der Waals surface area contributed by atoms with Crippen LogP contribution in [0, 0.1) is 0 Å². The van der Waals surface area contributed by atoms with Crippen LogP contribution in [0.5, 0.6) is 0 Å². The minimum absolute atomic E-state index is 0.0330. The molecule has 3 unspecified atom stereocenters. The molecule has 0 saturated carbocycles. The molecule has 0 fully saturated rings. The number of ether oxygens (including phenoxy) is 1. The Morgan fingerprint density at radius 1 is 0.566 bits per heavy atom. The standard InChI is InChI=1S/C47H81NO5/c1-4-7-10-13-16-19-21-22-23-24-25-26-28-31-34-37-40-47(52)53-43(38-35-32-29-18-15-12-9-6-3)41-46(51)48-44(42-49)45(50)39-36-33-30-27-20-17-14-11-8-5-2/h7,10,12,15-16,19,22-23,25-26,31,34,43-45,49-50H,4-6,8-9,11,13-14,17-18,20-21,24,27-30,32-33,35-42H2,1-3H3,(H,48,51)/b10-7+,15-12-,19-16+,23-22+,26-25+,34-31+. The normalized spacial score (nSPS) is 14.1. The maximum Gasteiger partial charge on any atom is 0.306 e. The smallest absolute Gasteiger partial charge is 0.306 e. The van der Waals surface area contributed by atoms with Gasteiger partial charge in [0.15, 0.2) is 0 Å². The first-order valence-corrected chi connectivity index (χ1v) is 21.7. The molecule has 0 aromatic rings. The van der Waals surface area contributed by atoms with Crippen LogP contribution < -0.4 is 5.32 Å². The predicted octanol–water partition coefficient (Wildman–Crippen LogP) is 12.3. The first-order chi connectivity index (χ1) is 26.0. The number of esters is 1. The zero-order chi connectivity index (χ0) is 38.9. The summed E-state index contributed by atoms with van der Waals surface area (Å²) in [5.74, 6) is -0.602. The summed E-state index contributed by atoms with van der Waals surface area (Å²) < 4.78 is 5.82. The van der Waals surface area contributed by atoms with E-state index in [9.17, 15) is 19.8 Å². The van der Waals surface area contributed by atoms with Crippen molar-refractivity contribution in [3.05, 3.63) is 72.9 Å². The Hall–Kier alpha value is -2.70. The number of hydrogen-bond acceptors (Lipinski definition) is 5. The number of carbonyl (C=O) groups is 2. The van der Waals surface area contributed by atoms with Gasteiger partial charge in [-0.05, 0) is 77.0 Å². The van der Waals surface area contributed by atoms with E-state index in [1.807, 2.05) is 6.08 Å². The van der Waals surface area contributed by atoms with Crippen LogP contribution in [0.2, 0.25) is 0 Å². The highest BCUT2D eigenvalue weighted by Crippen LogP contribution is 2.16. The van der Waals surface area contributed by atoms with Gasteiger partial charge in [-0.2, -0.15) is 0 Å². The Morgan fingerprint density at radius 3 is 1.62 bits per heavy atom. The largest absolute Gasteiger partial charge is 0.462 e. The van der Waals surface area contributed by atoms with Gasteiger partial charge in [-0.3, -0.25) is 9.59 Å². The van der Waals surface area contributed by atoms with Crippen LogP contribution >= 0.6 is 0 Å². The van der Waals surface area contributed by atoms with Crippen molar-refractivity contribution in [3.8, 4) is 0 Å². The lowest BCUT2D eigenvalue weighted by Crippen LogP contribution is -2.46. The third kappa shape index (κ3) is 36.1. The summed E-state index contributed by atoms with van der Waals surface area (Å²) in [5.41, 5.74) is 0. The van der Waals surface area contributed by atoms with E-state index in [1.54, 1.807) is 0 Å². The number of carbonyl (C=O) groups excluding carboxylic acids is 2. The van der Waals surface area contributed by atoms with Gasteiger partial charge in [0, 0.05) is 6.42 Å². The lowest BCUT2D eigenvalue weighted by Gasteiger charge is -2.24. The second-order valence-corrected chi connectivity index (χ2v) is 14.4. The van der Waals surface area contributed by atoms with Crippen molar-refractivity contribution in [2.24, 2.45) is 0 Å². The first kappa shape index (κ1) is 50.3. The molecule has 6 heteroatoms. The molecule has 0 bridgehead atoms. The number of rotatable bonds is 37. The summed E-state index contributed by atoms with van der Waals surface area (Å²) >= 11 is 0. The maximum atomic E-state index is 13.0. The molecule has 0 aliphatic carbocycles. The van der Waals surface area contributed by atoms with E-state index in [0.29, 0.717) is 19.3 Å². The van der Waals surface area contributed by atoms with Crippen molar-refractivity contribution in [1.29, 1.82) is 0 Å². The molecule has 304 valence electrons. The van der Waals surface area contributed by atoms with Crippen molar-refractivity contribution in [2.45, 2.75) is 206 Å². The average molecular weight is 740 g/mol. The Labute approximate surface area is 326 Å². The molecule has 1 amide bonds. The molecule has 6 nitrogen and oxygen atoms in total. The van der Waals surface area contributed by atoms with Crippen LogP contribution in [0.3, 0.4) is 0 Å². The molecular weight excluding hydrogens is 659 g/mol. The summed E-state index contributed by atoms with van der Waals surface area (Å²) in [4.78, 5) is 25.8. The van der Waals surface area contributed by atoms with E-state index >= 15 is 0 Å². The number of aliphatic hydroxyl groups is 2. The fourth-order valence-electron chi connectivity index (χ4n) is 6.01. The summed E-state index contributed by atoms with van der Waals surface area (Å²) in [6.07, 6.45) is 49.8. The second-order valence-electron chi connectivity index (χ2n) is 14.4. The SMILES string of the molecule is CC/C=C/C/C=C/C/C=C/C/C=C/C/C=C/CCC(=O)OC(CCCCC/C=C\CCC)CC(=O)NC(CO)C(O)CCCCCCCCCCCC. The van der Waals surface area contributed by atoms with E-state index in [1.165, 1.54) is 44.9 Å². The van der Waals surface area contributed by atoms with Crippen LogP contribution in [0.1, 0.15) is 188 Å². The summed E-state index contributed by atoms with van der Waals surface area (Å²) in [6, 6.07) is -0.720. The van der Waals surface area contributed by atoms with Crippen molar-refractivity contribution < 1.29 is 24.5 Å². The van der Waals surface area contributed by atoms with Crippen LogP contribution in [0.4, 0.5) is 0 Å². The molecule has 3 atom stereocenters. The predicted molar refractivity (Wildman–Crippen MR) is 227 cm³/mol. The van der Waals surface area contributed by atoms with E-state index in [0.717, 1.165) is 89.9 Å². The van der Waals surface area contributed by atoms with Crippen molar-refractivity contribution in [1.82, 2.24) is 5.32 Å². The molecule has 0 saturated heterocycles. The van der Waals surface area contributed by atoms with E-state index < -0.39 is 18.2 Å². The van der Waals surface area contributed by atoms with Crippen molar-refractivity contribution in [3.63, 3.8) is 0 Å². The zero-order valence-corrected chi connectivity index (χ0v) is 34.4. The van der Waals surface area contributed by atoms with Crippen LogP contribution in [-0.2, 0) is 14.3 Å². The quantitative estimate of drug-likeness (QED) is 0.0335. The summed E-state index contributed by atoms with van der Waals surface area (Å²) in [5, 5.41) is 23.5. The fraction of sp³-hybridized carbons (Fsp3) is 0.702. The van der Waals surface area contributed by atoms with Gasteiger partial charge < -0.3 is 20.3 Å². The number of unbranched alkanes of at least 4 members (excludes halogenated alkanes) is 13. The van der Waals surface area contributed by atoms with E-state index in [4.69, 9.17) is 4.74 Å². The molecule has 0 aromatic heterocycles. The zero-order valence-electron chi connectivity index (χ0n) is 34.4. The van der Waals surface area contributed by atoms with Gasteiger partial charge in [0.1, 0.15) is 6.10 Å². The Kier molecular flexibility index (Phi) is 38.4. The number of hydrogen-bond donors (Lipinski definition) is 3. The van der Waals surface area contributed by atoms with Gasteiger partial charge >= 0.3 is 5.97 Å². The van der Waals surface area contributed by atoms with E-state index in [2.05, 4.69) is 92.9 Å². The minimum atomic E-state index is -0.803. The second kappa shape index (κ2) is 40.5. The monoisotopic (exact) mass is 740 g/mol. The number of aliphatic hydroxyl groups excluding tert-OH is 2. The van der Waals surface area contributed by atoms with Gasteiger partial charge in [0.05, 0.1) is 25.2 Å². The molecule has 0 aliphatic heterocycles. The Morgan fingerprint density at radius 2 is 1.06 bits per heavy atom. The highest BCUT2D eigenvalue weighted by Gasteiger charge is 2.23. The molecule has 0 aromatic carbocycles. The van der Waals surface area contributed by atoms with Gasteiger partial charge in [-0.1, -0.05) is 171 Å². The minimum Gasteiger partial charge on any atom is -0.462 e.